The number of fused-ring (bicyclic) bond motifs is 1. The lowest BCUT2D eigenvalue weighted by atomic mass is 10.2. The number of piperazine rings is 1. The number of amides is 1. The zero-order valence-corrected chi connectivity index (χ0v) is 11.6. The van der Waals surface area contributed by atoms with Crippen molar-refractivity contribution >= 4 is 16.9 Å². The summed E-state index contributed by atoms with van der Waals surface area (Å²) in [4.78, 5) is 23.6. The normalized spacial score (nSPS) is 16.9. The molecule has 0 unspecified atom stereocenters. The van der Waals surface area contributed by atoms with Gasteiger partial charge in [0, 0.05) is 31.7 Å². The first-order chi connectivity index (χ1) is 9.56. The molecule has 0 atom stereocenters. The summed E-state index contributed by atoms with van der Waals surface area (Å²) >= 11 is 0. The van der Waals surface area contributed by atoms with E-state index in [4.69, 9.17) is 0 Å². The van der Waals surface area contributed by atoms with Crippen molar-refractivity contribution in [2.45, 2.75) is 6.92 Å². The first-order valence-electron chi connectivity index (χ1n) is 6.69. The molecule has 20 heavy (non-hydrogen) atoms. The number of hydrogen-bond acceptors (Lipinski definition) is 3. The maximum Gasteiger partial charge on any atom is 0.289 e. The van der Waals surface area contributed by atoms with Gasteiger partial charge in [0.05, 0.1) is 11.0 Å². The van der Waals surface area contributed by atoms with E-state index in [1.54, 1.807) is 17.9 Å². The Kier molecular flexibility index (Phi) is 3.17. The number of aryl methyl sites for hydroxylation is 1. The molecule has 5 nitrogen and oxygen atoms in total. The number of benzene rings is 1. The molecule has 0 aliphatic carbocycles. The van der Waals surface area contributed by atoms with Crippen LogP contribution >= 0.6 is 0 Å². The first-order valence-corrected chi connectivity index (χ1v) is 6.69. The molecule has 0 saturated carbocycles. The minimum absolute atomic E-state index is 0.117. The van der Waals surface area contributed by atoms with Gasteiger partial charge in [0.1, 0.15) is 5.82 Å². The number of H-pyrrole nitrogens is 1. The second-order valence-corrected chi connectivity index (χ2v) is 5.25. The van der Waals surface area contributed by atoms with Gasteiger partial charge in [0.2, 0.25) is 0 Å². The zero-order valence-electron chi connectivity index (χ0n) is 11.6. The third-order valence-corrected chi connectivity index (χ3v) is 3.83. The molecular weight excluding hydrogens is 259 g/mol. The highest BCUT2D eigenvalue weighted by molar-refractivity contribution is 5.94. The summed E-state index contributed by atoms with van der Waals surface area (Å²) < 4.78 is 13.5. The van der Waals surface area contributed by atoms with Crippen molar-refractivity contribution in [2.24, 2.45) is 0 Å². The fourth-order valence-electron chi connectivity index (χ4n) is 2.45. The van der Waals surface area contributed by atoms with Crippen LogP contribution in [0.4, 0.5) is 4.39 Å². The molecule has 1 aliphatic heterocycles. The highest BCUT2D eigenvalue weighted by atomic mass is 19.1. The predicted octanol–water partition coefficient (Wildman–Crippen LogP) is 1.40. The van der Waals surface area contributed by atoms with Gasteiger partial charge in [-0.05, 0) is 26.1 Å². The van der Waals surface area contributed by atoms with Gasteiger partial charge in [-0.3, -0.25) is 4.79 Å². The number of carbonyl (C=O) groups excluding carboxylic acids is 1. The predicted molar refractivity (Wildman–Crippen MR) is 74.2 cm³/mol. The molecule has 2 aromatic rings. The van der Waals surface area contributed by atoms with Crippen molar-refractivity contribution < 1.29 is 9.18 Å². The maximum absolute atomic E-state index is 13.5. The van der Waals surface area contributed by atoms with E-state index in [2.05, 4.69) is 14.9 Å². The summed E-state index contributed by atoms with van der Waals surface area (Å²) in [5.41, 5.74) is 1.69. The van der Waals surface area contributed by atoms with E-state index in [0.29, 0.717) is 35.5 Å². The third-order valence-electron chi connectivity index (χ3n) is 3.83. The molecular formula is C14H17FN4O. The van der Waals surface area contributed by atoms with E-state index in [1.807, 2.05) is 7.05 Å². The highest BCUT2D eigenvalue weighted by Gasteiger charge is 2.23. The summed E-state index contributed by atoms with van der Waals surface area (Å²) in [6.45, 7) is 4.78. The summed E-state index contributed by atoms with van der Waals surface area (Å²) in [5.74, 6) is -0.130. The number of rotatable bonds is 1. The van der Waals surface area contributed by atoms with Crippen LogP contribution in [0.5, 0.6) is 0 Å². The summed E-state index contributed by atoms with van der Waals surface area (Å²) in [6.07, 6.45) is 0. The molecule has 0 radical (unpaired) electrons. The number of halogens is 1. The van der Waals surface area contributed by atoms with Crippen molar-refractivity contribution in [3.8, 4) is 0 Å². The SMILES string of the molecule is Cc1c(F)ccc2[nH]c(C(=O)N3CCN(C)CC3)nc12. The van der Waals surface area contributed by atoms with Crippen LogP contribution in [0.15, 0.2) is 12.1 Å². The molecule has 1 aliphatic rings. The van der Waals surface area contributed by atoms with Crippen LogP contribution in [0.2, 0.25) is 0 Å². The minimum Gasteiger partial charge on any atom is -0.334 e. The Labute approximate surface area is 116 Å². The third kappa shape index (κ3) is 2.16. The Balaban J connectivity index is 1.90. The molecule has 6 heteroatoms. The highest BCUT2D eigenvalue weighted by Crippen LogP contribution is 2.19. The summed E-state index contributed by atoms with van der Waals surface area (Å²) in [5, 5.41) is 0. The Morgan fingerprint density at radius 3 is 2.70 bits per heavy atom. The van der Waals surface area contributed by atoms with Gasteiger partial charge < -0.3 is 14.8 Å². The lowest BCUT2D eigenvalue weighted by molar-refractivity contribution is 0.0653. The molecule has 0 bridgehead atoms. The van der Waals surface area contributed by atoms with Crippen LogP contribution in [0, 0.1) is 12.7 Å². The number of carbonyl (C=O) groups is 1. The van der Waals surface area contributed by atoms with Gasteiger partial charge in [-0.15, -0.1) is 0 Å². The van der Waals surface area contributed by atoms with Crippen LogP contribution in [-0.2, 0) is 0 Å². The number of imidazole rings is 1. The van der Waals surface area contributed by atoms with Crippen molar-refractivity contribution in [2.75, 3.05) is 33.2 Å². The van der Waals surface area contributed by atoms with Crippen LogP contribution in [0.25, 0.3) is 11.0 Å². The molecule has 1 N–H and O–H groups in total. The molecule has 1 aromatic carbocycles. The van der Waals surface area contributed by atoms with E-state index in [1.165, 1.54) is 6.07 Å². The van der Waals surface area contributed by atoms with Crippen molar-refractivity contribution in [3.05, 3.63) is 29.3 Å². The second kappa shape index (κ2) is 4.86. The number of nitrogens with one attached hydrogen (secondary N) is 1. The number of aromatic nitrogens is 2. The molecule has 2 heterocycles. The fraction of sp³-hybridized carbons (Fsp3) is 0.429. The first kappa shape index (κ1) is 13.1. The number of likely N-dealkylation sites (N-methyl/N-ethyl adjacent to an activating group) is 1. The average Bonchev–Trinajstić information content (AvgIpc) is 2.88. The Hall–Kier alpha value is -1.95. The number of aromatic amines is 1. The standard InChI is InChI=1S/C14H17FN4O/c1-9-10(15)3-4-11-12(9)17-13(16-11)14(20)19-7-5-18(2)6-8-19/h3-4H,5-8H2,1-2H3,(H,16,17). The molecule has 1 amide bonds. The Bertz CT molecular complexity index is 658. The van der Waals surface area contributed by atoms with Crippen LogP contribution in [0.1, 0.15) is 16.2 Å². The molecule has 1 aromatic heterocycles. The van der Waals surface area contributed by atoms with Crippen LogP contribution in [0.3, 0.4) is 0 Å². The Morgan fingerprint density at radius 1 is 1.30 bits per heavy atom. The smallest absolute Gasteiger partial charge is 0.289 e. The van der Waals surface area contributed by atoms with Gasteiger partial charge in [-0.25, -0.2) is 9.37 Å². The van der Waals surface area contributed by atoms with Crippen molar-refractivity contribution in [3.63, 3.8) is 0 Å². The van der Waals surface area contributed by atoms with Crippen LogP contribution in [-0.4, -0.2) is 58.9 Å². The van der Waals surface area contributed by atoms with E-state index < -0.39 is 0 Å². The Morgan fingerprint density at radius 2 is 2.00 bits per heavy atom. The van der Waals surface area contributed by atoms with Gasteiger partial charge in [0.25, 0.3) is 5.91 Å². The minimum atomic E-state index is -0.303. The lowest BCUT2D eigenvalue weighted by Gasteiger charge is -2.31. The lowest BCUT2D eigenvalue weighted by Crippen LogP contribution is -2.47. The van der Waals surface area contributed by atoms with E-state index in [0.717, 1.165) is 13.1 Å². The van der Waals surface area contributed by atoms with Crippen LogP contribution < -0.4 is 0 Å². The molecule has 1 saturated heterocycles. The van der Waals surface area contributed by atoms with E-state index >= 15 is 0 Å². The molecule has 1 fully saturated rings. The van der Waals surface area contributed by atoms with Gasteiger partial charge in [0.15, 0.2) is 5.82 Å². The van der Waals surface area contributed by atoms with Gasteiger partial charge in [-0.1, -0.05) is 0 Å². The van der Waals surface area contributed by atoms with Crippen molar-refractivity contribution in [1.82, 2.24) is 19.8 Å². The average molecular weight is 276 g/mol. The van der Waals surface area contributed by atoms with Crippen molar-refractivity contribution in [1.29, 1.82) is 0 Å². The van der Waals surface area contributed by atoms with Gasteiger partial charge >= 0.3 is 0 Å². The van der Waals surface area contributed by atoms with E-state index in [9.17, 15) is 9.18 Å². The topological polar surface area (TPSA) is 52.2 Å². The number of hydrogen-bond donors (Lipinski definition) is 1. The zero-order chi connectivity index (χ0) is 14.3. The largest absolute Gasteiger partial charge is 0.334 e. The van der Waals surface area contributed by atoms with E-state index in [-0.39, 0.29) is 11.7 Å². The second-order valence-electron chi connectivity index (χ2n) is 5.25. The summed E-state index contributed by atoms with van der Waals surface area (Å²) in [7, 11) is 2.04. The quantitative estimate of drug-likeness (QED) is 0.856. The monoisotopic (exact) mass is 276 g/mol. The maximum atomic E-state index is 13.5. The molecule has 106 valence electrons. The number of nitrogens with zero attached hydrogens (tertiary/aromatic N) is 3. The molecule has 3 rings (SSSR count). The molecule has 0 spiro atoms. The fourth-order valence-corrected chi connectivity index (χ4v) is 2.45. The summed E-state index contributed by atoms with van der Waals surface area (Å²) in [6, 6.07) is 3.01. The van der Waals surface area contributed by atoms with Gasteiger partial charge in [-0.2, -0.15) is 0 Å².